The maximum Gasteiger partial charge on any atom is 0.348 e. The van der Waals surface area contributed by atoms with Crippen molar-refractivity contribution in [2.75, 3.05) is 5.32 Å². The van der Waals surface area contributed by atoms with Crippen molar-refractivity contribution in [3.63, 3.8) is 0 Å². The molecule has 1 heterocycles. The van der Waals surface area contributed by atoms with E-state index in [0.29, 0.717) is 19.3 Å². The van der Waals surface area contributed by atoms with Gasteiger partial charge in [0.05, 0.1) is 5.56 Å². The number of hydrogen-bond acceptors (Lipinski definition) is 12. The van der Waals surface area contributed by atoms with E-state index in [2.05, 4.69) is 10.6 Å². The summed E-state index contributed by atoms with van der Waals surface area (Å²) in [4.78, 5) is 92.4. The molecular formula is C34H48N2O12. The number of phenolic OH excluding ortho intramolecular Hbond substituents is 1. The number of benzene rings is 1. The summed E-state index contributed by atoms with van der Waals surface area (Å²) in [5.74, 6) is -7.97. The van der Waals surface area contributed by atoms with Gasteiger partial charge in [-0.25, -0.2) is 14.4 Å². The highest BCUT2D eigenvalue weighted by molar-refractivity contribution is 6.06. The second-order valence-corrected chi connectivity index (χ2v) is 13.1. The lowest BCUT2D eigenvalue weighted by molar-refractivity contribution is -0.183. The van der Waals surface area contributed by atoms with Crippen LogP contribution in [-0.2, 0) is 47.7 Å². The van der Waals surface area contributed by atoms with E-state index in [0.717, 1.165) is 6.07 Å². The number of hydrogen-bond donors (Lipinski definition) is 3. The molecule has 1 aromatic carbocycles. The average molecular weight is 677 g/mol. The van der Waals surface area contributed by atoms with E-state index in [9.17, 15) is 38.7 Å². The molecule has 0 spiro atoms. The van der Waals surface area contributed by atoms with Crippen molar-refractivity contribution in [3.05, 3.63) is 23.8 Å². The quantitative estimate of drug-likeness (QED) is 0.141. The molecule has 0 saturated carbocycles. The van der Waals surface area contributed by atoms with Gasteiger partial charge in [-0.15, -0.1) is 0 Å². The summed E-state index contributed by atoms with van der Waals surface area (Å²) in [6.07, 6.45) is -4.82. The summed E-state index contributed by atoms with van der Waals surface area (Å²) in [6, 6.07) is 1.89. The van der Waals surface area contributed by atoms with Crippen molar-refractivity contribution in [2.45, 2.75) is 112 Å². The van der Waals surface area contributed by atoms with Gasteiger partial charge in [-0.2, -0.15) is 0 Å². The molecule has 14 nitrogen and oxygen atoms in total. The molecule has 0 bridgehead atoms. The summed E-state index contributed by atoms with van der Waals surface area (Å²) in [5, 5.41) is 15.2. The Hall–Kier alpha value is -4.49. The highest BCUT2D eigenvalue weighted by atomic mass is 16.6. The summed E-state index contributed by atoms with van der Waals surface area (Å²) in [6.45, 7) is 14.2. The number of ether oxygens (including phenoxy) is 4. The predicted molar refractivity (Wildman–Crippen MR) is 171 cm³/mol. The van der Waals surface area contributed by atoms with E-state index in [4.69, 9.17) is 18.9 Å². The van der Waals surface area contributed by atoms with Crippen LogP contribution in [0.1, 0.15) is 91.9 Å². The first-order valence-corrected chi connectivity index (χ1v) is 16.1. The van der Waals surface area contributed by atoms with Crippen LogP contribution in [0.3, 0.4) is 0 Å². The van der Waals surface area contributed by atoms with E-state index < -0.39 is 89.0 Å². The minimum atomic E-state index is -1.85. The number of carbonyl (C=O) groups is 7. The number of Topliss-reactive ketones (excluding diaryl/α,β-unsaturated/α-hetero) is 1. The molecule has 0 radical (unpaired) electrons. The van der Waals surface area contributed by atoms with Crippen LogP contribution in [0, 0.1) is 23.2 Å². The van der Waals surface area contributed by atoms with Gasteiger partial charge in [0, 0.05) is 23.6 Å². The lowest BCUT2D eigenvalue weighted by Crippen LogP contribution is -2.52. The lowest BCUT2D eigenvalue weighted by Gasteiger charge is -2.31. The standard InChI is InChI=1S/C34H48N2O12/c1-10-18(5)26-32(43)46-24(14-17(3)4)28(39)34(8,9)33(44)48-27(19(6)11-2)31(42)45-20(7)25(30(41)47-26)36-29(40)22-13-12-21(35-16-37)15-23(22)38/h12-13,15-20,24-27,38H,10-11,14H2,1-9H3,(H,35,37)(H,36,40)/t18-,19-,20+,24-,25?,26?,27?/m0/s1. The van der Waals surface area contributed by atoms with E-state index in [-0.39, 0.29) is 23.6 Å². The molecule has 0 aromatic heterocycles. The van der Waals surface area contributed by atoms with Gasteiger partial charge in [0.25, 0.3) is 5.91 Å². The molecule has 0 aliphatic carbocycles. The van der Waals surface area contributed by atoms with Crippen LogP contribution in [-0.4, -0.2) is 77.5 Å². The Morgan fingerprint density at radius 1 is 0.896 bits per heavy atom. The number of carbonyl (C=O) groups excluding carboxylic acids is 7. The Morgan fingerprint density at radius 2 is 1.46 bits per heavy atom. The number of ketones is 1. The number of rotatable bonds is 10. The summed E-state index contributed by atoms with van der Waals surface area (Å²) >= 11 is 0. The minimum Gasteiger partial charge on any atom is -0.507 e. The molecule has 1 fully saturated rings. The zero-order valence-corrected chi connectivity index (χ0v) is 29.0. The third-order valence-corrected chi connectivity index (χ3v) is 8.41. The van der Waals surface area contributed by atoms with Gasteiger partial charge >= 0.3 is 23.9 Å². The summed E-state index contributed by atoms with van der Waals surface area (Å²) in [5.41, 5.74) is -1.96. The summed E-state index contributed by atoms with van der Waals surface area (Å²) in [7, 11) is 0. The second kappa shape index (κ2) is 17.1. The SMILES string of the molecule is CC[C@H](C)C1OC(=O)C(NC(=O)c2ccc(NC=O)cc2O)[C@@H](C)OC(=O)C([C@@H](C)CC)OC(=O)C(C)(C)C(=O)[C@H](CC(C)C)OC1=O. The van der Waals surface area contributed by atoms with Gasteiger partial charge in [0.2, 0.25) is 18.6 Å². The van der Waals surface area contributed by atoms with Crippen LogP contribution >= 0.6 is 0 Å². The van der Waals surface area contributed by atoms with E-state index in [1.165, 1.54) is 32.9 Å². The fourth-order valence-corrected chi connectivity index (χ4v) is 4.82. The van der Waals surface area contributed by atoms with Gasteiger partial charge in [0.15, 0.2) is 17.9 Å². The maximum atomic E-state index is 13.8. The third kappa shape index (κ3) is 9.77. The molecule has 3 N–H and O–H groups in total. The van der Waals surface area contributed by atoms with Crippen molar-refractivity contribution in [1.29, 1.82) is 0 Å². The van der Waals surface area contributed by atoms with Crippen molar-refractivity contribution in [3.8, 4) is 5.75 Å². The molecule has 14 heteroatoms. The molecule has 1 aliphatic rings. The Bertz CT molecular complexity index is 1370. The normalized spacial score (nSPS) is 25.3. The van der Waals surface area contributed by atoms with Gasteiger partial charge in [-0.1, -0.05) is 41.5 Å². The van der Waals surface area contributed by atoms with Crippen molar-refractivity contribution in [1.82, 2.24) is 5.32 Å². The Balaban J connectivity index is 2.68. The number of phenols is 1. The van der Waals surface area contributed by atoms with Crippen LogP contribution in [0.4, 0.5) is 5.69 Å². The first-order chi connectivity index (χ1) is 22.4. The van der Waals surface area contributed by atoms with E-state index in [1.54, 1.807) is 41.5 Å². The lowest BCUT2D eigenvalue weighted by atomic mass is 9.82. The maximum absolute atomic E-state index is 13.8. The van der Waals surface area contributed by atoms with Gasteiger partial charge < -0.3 is 34.7 Å². The highest BCUT2D eigenvalue weighted by Crippen LogP contribution is 2.29. The van der Waals surface area contributed by atoms with Crippen LogP contribution in [0.25, 0.3) is 0 Å². The third-order valence-electron chi connectivity index (χ3n) is 8.41. The molecule has 2 rings (SSSR count). The molecule has 2 amide bonds. The van der Waals surface area contributed by atoms with E-state index in [1.807, 2.05) is 0 Å². The van der Waals surface area contributed by atoms with Crippen LogP contribution in [0.2, 0.25) is 0 Å². The molecule has 1 aliphatic heterocycles. The van der Waals surface area contributed by atoms with Gasteiger partial charge in [-0.05, 0) is 58.1 Å². The van der Waals surface area contributed by atoms with Gasteiger partial charge in [0.1, 0.15) is 17.3 Å². The number of cyclic esters (lactones) is 4. The largest absolute Gasteiger partial charge is 0.507 e. The molecular weight excluding hydrogens is 628 g/mol. The van der Waals surface area contributed by atoms with Crippen LogP contribution in [0.15, 0.2) is 18.2 Å². The Labute approximate surface area is 280 Å². The zero-order valence-electron chi connectivity index (χ0n) is 29.0. The minimum absolute atomic E-state index is 0.0413. The first-order valence-electron chi connectivity index (χ1n) is 16.1. The topological polar surface area (TPSA) is 201 Å². The number of nitrogens with one attached hydrogen (secondary N) is 2. The highest BCUT2D eigenvalue weighted by Gasteiger charge is 2.47. The van der Waals surface area contributed by atoms with Crippen molar-refractivity contribution >= 4 is 47.7 Å². The smallest absolute Gasteiger partial charge is 0.348 e. The van der Waals surface area contributed by atoms with Crippen LogP contribution in [0.5, 0.6) is 5.75 Å². The Kier molecular flexibility index (Phi) is 14.1. The number of anilines is 1. The summed E-state index contributed by atoms with van der Waals surface area (Å²) < 4.78 is 22.5. The molecule has 48 heavy (non-hydrogen) atoms. The number of esters is 4. The monoisotopic (exact) mass is 676 g/mol. The van der Waals surface area contributed by atoms with Crippen molar-refractivity contribution < 1.29 is 57.6 Å². The molecule has 1 saturated heterocycles. The van der Waals surface area contributed by atoms with Gasteiger partial charge in [-0.3, -0.25) is 19.2 Å². The van der Waals surface area contributed by atoms with E-state index >= 15 is 0 Å². The Morgan fingerprint density at radius 3 is 1.98 bits per heavy atom. The number of amides is 2. The molecule has 3 unspecified atom stereocenters. The number of aromatic hydroxyl groups is 1. The fraction of sp³-hybridized carbons (Fsp3) is 0.618. The first kappa shape index (κ1) is 39.7. The van der Waals surface area contributed by atoms with Crippen molar-refractivity contribution in [2.24, 2.45) is 23.2 Å². The fourth-order valence-electron chi connectivity index (χ4n) is 4.82. The predicted octanol–water partition coefficient (Wildman–Crippen LogP) is 3.47. The zero-order chi connectivity index (χ0) is 36.5. The second-order valence-electron chi connectivity index (χ2n) is 13.1. The molecule has 7 atom stereocenters. The average Bonchev–Trinajstić information content (AvgIpc) is 3.02. The molecule has 266 valence electrons. The molecule has 1 aromatic rings. The van der Waals surface area contributed by atoms with Crippen LogP contribution < -0.4 is 10.6 Å².